The van der Waals surface area contributed by atoms with Crippen LogP contribution in [0.2, 0.25) is 0 Å². The first-order chi connectivity index (χ1) is 9.33. The van der Waals surface area contributed by atoms with E-state index in [4.69, 9.17) is 5.73 Å². The molecule has 2 nitrogen and oxygen atoms in total. The summed E-state index contributed by atoms with van der Waals surface area (Å²) in [6, 6.07) is 10.5. The van der Waals surface area contributed by atoms with E-state index in [9.17, 15) is 0 Å². The van der Waals surface area contributed by atoms with Gasteiger partial charge in [-0.25, -0.2) is 0 Å². The summed E-state index contributed by atoms with van der Waals surface area (Å²) in [6.07, 6.45) is 10.3. The Bertz CT molecular complexity index is 601. The van der Waals surface area contributed by atoms with Crippen LogP contribution in [0.3, 0.4) is 0 Å². The molecular formula is C17H20N2. The Morgan fingerprint density at radius 1 is 1.21 bits per heavy atom. The van der Waals surface area contributed by atoms with Crippen LogP contribution in [-0.4, -0.2) is 4.98 Å². The Balaban J connectivity index is 1.80. The standard InChI is InChI=1S/C17H20N2/c18-16(11-13-5-2-1-3-6-13)15-9-8-14-7-4-10-19-17(14)12-15/h4-5,7-10,12,16H,1-3,6,11,18H2. The van der Waals surface area contributed by atoms with Crippen LogP contribution in [0.1, 0.15) is 43.7 Å². The predicted octanol–water partition coefficient (Wildman–Crippen LogP) is 4.13. The van der Waals surface area contributed by atoms with Gasteiger partial charge in [0.2, 0.25) is 0 Å². The van der Waals surface area contributed by atoms with Crippen LogP contribution in [0.5, 0.6) is 0 Å². The molecule has 3 rings (SSSR count). The lowest BCUT2D eigenvalue weighted by molar-refractivity contribution is 0.628. The molecule has 1 aliphatic rings. The van der Waals surface area contributed by atoms with E-state index < -0.39 is 0 Å². The van der Waals surface area contributed by atoms with Gasteiger partial charge in [0.25, 0.3) is 0 Å². The van der Waals surface area contributed by atoms with E-state index in [0.29, 0.717) is 0 Å². The number of fused-ring (bicyclic) bond motifs is 1. The Kier molecular flexibility index (Phi) is 3.60. The number of hydrogen-bond acceptors (Lipinski definition) is 2. The average molecular weight is 252 g/mol. The highest BCUT2D eigenvalue weighted by Crippen LogP contribution is 2.27. The second-order valence-electron chi connectivity index (χ2n) is 5.37. The summed E-state index contributed by atoms with van der Waals surface area (Å²) >= 11 is 0. The highest BCUT2D eigenvalue weighted by atomic mass is 14.7. The van der Waals surface area contributed by atoms with Crippen molar-refractivity contribution < 1.29 is 0 Å². The van der Waals surface area contributed by atoms with Gasteiger partial charge in [-0.3, -0.25) is 4.98 Å². The van der Waals surface area contributed by atoms with E-state index in [-0.39, 0.29) is 6.04 Å². The molecule has 98 valence electrons. The van der Waals surface area contributed by atoms with Gasteiger partial charge in [0, 0.05) is 17.6 Å². The minimum atomic E-state index is 0.0933. The zero-order valence-electron chi connectivity index (χ0n) is 11.2. The third kappa shape index (κ3) is 2.85. The lowest BCUT2D eigenvalue weighted by Crippen LogP contribution is -2.12. The maximum Gasteiger partial charge on any atom is 0.0705 e. The third-order valence-electron chi connectivity index (χ3n) is 3.93. The molecular weight excluding hydrogens is 232 g/mol. The van der Waals surface area contributed by atoms with Crippen LogP contribution < -0.4 is 5.73 Å². The zero-order valence-corrected chi connectivity index (χ0v) is 11.2. The molecule has 0 bridgehead atoms. The normalized spacial score (nSPS) is 17.2. The smallest absolute Gasteiger partial charge is 0.0705 e. The Hall–Kier alpha value is -1.67. The van der Waals surface area contributed by atoms with Gasteiger partial charge in [0.05, 0.1) is 5.52 Å². The fraction of sp³-hybridized carbons (Fsp3) is 0.353. The van der Waals surface area contributed by atoms with Gasteiger partial charge >= 0.3 is 0 Å². The molecule has 2 N–H and O–H groups in total. The van der Waals surface area contributed by atoms with Crippen molar-refractivity contribution >= 4 is 10.9 Å². The van der Waals surface area contributed by atoms with Crippen molar-refractivity contribution in [3.63, 3.8) is 0 Å². The molecule has 0 amide bonds. The van der Waals surface area contributed by atoms with Crippen LogP contribution in [0.15, 0.2) is 48.2 Å². The van der Waals surface area contributed by atoms with Crippen molar-refractivity contribution in [3.8, 4) is 0 Å². The van der Waals surface area contributed by atoms with Gasteiger partial charge in [0.1, 0.15) is 0 Å². The van der Waals surface area contributed by atoms with Gasteiger partial charge in [-0.15, -0.1) is 0 Å². The molecule has 0 fully saturated rings. The Labute approximate surface area is 114 Å². The first-order valence-corrected chi connectivity index (χ1v) is 7.11. The van der Waals surface area contributed by atoms with E-state index in [1.807, 2.05) is 12.3 Å². The monoisotopic (exact) mass is 252 g/mol. The minimum absolute atomic E-state index is 0.0933. The number of nitrogens with two attached hydrogens (primary N) is 1. The fourth-order valence-electron chi connectivity index (χ4n) is 2.80. The van der Waals surface area contributed by atoms with E-state index in [2.05, 4.69) is 35.3 Å². The summed E-state index contributed by atoms with van der Waals surface area (Å²) in [5.74, 6) is 0. The number of hydrogen-bond donors (Lipinski definition) is 1. The highest BCUT2D eigenvalue weighted by molar-refractivity contribution is 5.78. The summed E-state index contributed by atoms with van der Waals surface area (Å²) in [4.78, 5) is 4.40. The molecule has 2 aromatic rings. The molecule has 0 radical (unpaired) electrons. The molecule has 1 unspecified atom stereocenters. The molecule has 0 spiro atoms. The molecule has 19 heavy (non-hydrogen) atoms. The molecule has 1 aromatic carbocycles. The fourth-order valence-corrected chi connectivity index (χ4v) is 2.80. The maximum atomic E-state index is 6.35. The van der Waals surface area contributed by atoms with Crippen molar-refractivity contribution in [2.75, 3.05) is 0 Å². The average Bonchev–Trinajstić information content (AvgIpc) is 2.48. The van der Waals surface area contributed by atoms with Gasteiger partial charge in [-0.1, -0.05) is 29.8 Å². The second kappa shape index (κ2) is 5.54. The molecule has 0 saturated heterocycles. The van der Waals surface area contributed by atoms with Crippen molar-refractivity contribution in [1.29, 1.82) is 0 Å². The largest absolute Gasteiger partial charge is 0.324 e. The van der Waals surface area contributed by atoms with Crippen LogP contribution in [0.25, 0.3) is 10.9 Å². The van der Waals surface area contributed by atoms with Crippen LogP contribution in [0, 0.1) is 0 Å². The van der Waals surface area contributed by atoms with Gasteiger partial charge in [-0.05, 0) is 49.8 Å². The molecule has 2 heteroatoms. The summed E-state index contributed by atoms with van der Waals surface area (Å²) in [5.41, 5.74) is 10.1. The van der Waals surface area contributed by atoms with Crippen LogP contribution in [-0.2, 0) is 0 Å². The molecule has 1 aromatic heterocycles. The lowest BCUT2D eigenvalue weighted by atomic mass is 9.92. The number of rotatable bonds is 3. The summed E-state index contributed by atoms with van der Waals surface area (Å²) in [5, 5.41) is 1.18. The van der Waals surface area contributed by atoms with Gasteiger partial charge in [0.15, 0.2) is 0 Å². The van der Waals surface area contributed by atoms with Crippen molar-refractivity contribution in [2.24, 2.45) is 5.73 Å². The van der Waals surface area contributed by atoms with E-state index in [1.54, 1.807) is 0 Å². The number of allylic oxidation sites excluding steroid dienone is 1. The molecule has 1 atom stereocenters. The van der Waals surface area contributed by atoms with Crippen LogP contribution in [0.4, 0.5) is 0 Å². The van der Waals surface area contributed by atoms with E-state index in [0.717, 1.165) is 11.9 Å². The number of benzene rings is 1. The van der Waals surface area contributed by atoms with Crippen molar-refractivity contribution in [2.45, 2.75) is 38.1 Å². The molecule has 0 saturated carbocycles. The molecule has 0 aliphatic heterocycles. The quantitative estimate of drug-likeness (QED) is 0.834. The lowest BCUT2D eigenvalue weighted by Gasteiger charge is -2.18. The first-order valence-electron chi connectivity index (χ1n) is 7.11. The third-order valence-corrected chi connectivity index (χ3v) is 3.93. The SMILES string of the molecule is NC(CC1=CCCCC1)c1ccc2cccnc2c1. The number of pyridine rings is 1. The van der Waals surface area contributed by atoms with Crippen LogP contribution >= 0.6 is 0 Å². The Morgan fingerprint density at radius 2 is 2.16 bits per heavy atom. The summed E-state index contributed by atoms with van der Waals surface area (Å²) < 4.78 is 0. The first kappa shape index (κ1) is 12.4. The molecule has 1 heterocycles. The van der Waals surface area contributed by atoms with Gasteiger partial charge in [-0.2, -0.15) is 0 Å². The van der Waals surface area contributed by atoms with E-state index in [1.165, 1.54) is 42.2 Å². The minimum Gasteiger partial charge on any atom is -0.324 e. The van der Waals surface area contributed by atoms with Crippen molar-refractivity contribution in [3.05, 3.63) is 53.7 Å². The van der Waals surface area contributed by atoms with Crippen molar-refractivity contribution in [1.82, 2.24) is 4.98 Å². The predicted molar refractivity (Wildman–Crippen MR) is 79.8 cm³/mol. The van der Waals surface area contributed by atoms with E-state index >= 15 is 0 Å². The van der Waals surface area contributed by atoms with Gasteiger partial charge < -0.3 is 5.73 Å². The molecule has 1 aliphatic carbocycles. The summed E-state index contributed by atoms with van der Waals surface area (Å²) in [6.45, 7) is 0. The topological polar surface area (TPSA) is 38.9 Å². The maximum absolute atomic E-state index is 6.35. The highest BCUT2D eigenvalue weighted by Gasteiger charge is 2.11. The Morgan fingerprint density at radius 3 is 3.00 bits per heavy atom. The number of aromatic nitrogens is 1. The number of nitrogens with zero attached hydrogens (tertiary/aromatic N) is 1. The zero-order chi connectivity index (χ0) is 13.1. The summed E-state index contributed by atoms with van der Waals surface area (Å²) in [7, 11) is 0. The second-order valence-corrected chi connectivity index (χ2v) is 5.37.